The van der Waals surface area contributed by atoms with E-state index in [-0.39, 0.29) is 0 Å². The minimum absolute atomic E-state index is 0.682. The lowest BCUT2D eigenvalue weighted by atomic mass is 9.97. The van der Waals surface area contributed by atoms with Crippen LogP contribution in [-0.2, 0) is 0 Å². The minimum Gasteiger partial charge on any atom is -0.0845 e. The van der Waals surface area contributed by atoms with Crippen molar-refractivity contribution in [2.24, 2.45) is 5.92 Å². The van der Waals surface area contributed by atoms with Gasteiger partial charge in [-0.1, -0.05) is 45.4 Å². The molecule has 0 saturated heterocycles. The number of allylic oxidation sites excluding steroid dienone is 4. The fraction of sp³-hybridized carbons (Fsp3) is 0.667. The van der Waals surface area contributed by atoms with Crippen molar-refractivity contribution in [2.75, 3.05) is 0 Å². The molecule has 0 saturated carbocycles. The second-order valence-corrected chi connectivity index (χ2v) is 3.53. The van der Waals surface area contributed by atoms with Crippen LogP contribution in [0.25, 0.3) is 0 Å². The van der Waals surface area contributed by atoms with Crippen LogP contribution >= 0.6 is 0 Å². The molecule has 0 aromatic heterocycles. The largest absolute Gasteiger partial charge is 0.0845 e. The third kappa shape index (κ3) is 3.75. The van der Waals surface area contributed by atoms with Crippen LogP contribution in [0.2, 0.25) is 0 Å². The van der Waals surface area contributed by atoms with E-state index in [1.807, 2.05) is 0 Å². The Hall–Kier alpha value is -0.520. The van der Waals surface area contributed by atoms with Crippen molar-refractivity contribution >= 4 is 0 Å². The maximum atomic E-state index is 2.27. The van der Waals surface area contributed by atoms with E-state index in [2.05, 4.69) is 46.8 Å². The van der Waals surface area contributed by atoms with Gasteiger partial charge in [-0.25, -0.2) is 0 Å². The van der Waals surface area contributed by atoms with E-state index >= 15 is 0 Å². The van der Waals surface area contributed by atoms with Gasteiger partial charge in [0.25, 0.3) is 0 Å². The molecule has 0 aromatic carbocycles. The Morgan fingerprint density at radius 2 is 1.83 bits per heavy atom. The van der Waals surface area contributed by atoms with Crippen LogP contribution in [-0.4, -0.2) is 0 Å². The summed E-state index contributed by atoms with van der Waals surface area (Å²) in [6.07, 6.45) is 6.80. The third-order valence-electron chi connectivity index (χ3n) is 2.31. The van der Waals surface area contributed by atoms with Crippen molar-refractivity contribution < 1.29 is 0 Å². The summed E-state index contributed by atoms with van der Waals surface area (Å²) in [4.78, 5) is 0. The van der Waals surface area contributed by atoms with E-state index in [4.69, 9.17) is 0 Å². The molecule has 12 heavy (non-hydrogen) atoms. The topological polar surface area (TPSA) is 0 Å². The lowest BCUT2D eigenvalue weighted by Gasteiger charge is -2.09. The molecule has 0 atom stereocenters. The molecule has 0 aliphatic rings. The lowest BCUT2D eigenvalue weighted by Crippen LogP contribution is -1.93. The van der Waals surface area contributed by atoms with Crippen molar-refractivity contribution in [2.45, 2.75) is 47.5 Å². The first-order valence-corrected chi connectivity index (χ1v) is 4.99. The van der Waals surface area contributed by atoms with E-state index < -0.39 is 0 Å². The minimum atomic E-state index is 0.682. The first kappa shape index (κ1) is 11.5. The van der Waals surface area contributed by atoms with Crippen LogP contribution in [0, 0.1) is 5.92 Å². The maximum absolute atomic E-state index is 2.27. The van der Waals surface area contributed by atoms with Gasteiger partial charge in [0.2, 0.25) is 0 Å². The Morgan fingerprint density at radius 3 is 2.17 bits per heavy atom. The first-order chi connectivity index (χ1) is 5.63. The normalized spacial score (nSPS) is 14.2. The fourth-order valence-electron chi connectivity index (χ4n) is 1.16. The summed E-state index contributed by atoms with van der Waals surface area (Å²) >= 11 is 0. The Labute approximate surface area is 77.4 Å². The zero-order valence-electron chi connectivity index (χ0n) is 9.15. The molecule has 0 heterocycles. The summed E-state index contributed by atoms with van der Waals surface area (Å²) < 4.78 is 0. The molecule has 0 bridgehead atoms. The van der Waals surface area contributed by atoms with Crippen LogP contribution in [0.5, 0.6) is 0 Å². The van der Waals surface area contributed by atoms with Crippen LogP contribution < -0.4 is 0 Å². The van der Waals surface area contributed by atoms with Crippen LogP contribution in [0.4, 0.5) is 0 Å². The SMILES string of the molecule is CC/C=C\C(CC)=C(/C)C(C)C. The summed E-state index contributed by atoms with van der Waals surface area (Å²) in [5, 5.41) is 0. The van der Waals surface area contributed by atoms with Gasteiger partial charge in [-0.05, 0) is 31.3 Å². The van der Waals surface area contributed by atoms with Crippen molar-refractivity contribution in [1.29, 1.82) is 0 Å². The van der Waals surface area contributed by atoms with Gasteiger partial charge in [0.1, 0.15) is 0 Å². The monoisotopic (exact) mass is 166 g/mol. The number of hydrogen-bond donors (Lipinski definition) is 0. The Balaban J connectivity index is 4.50. The van der Waals surface area contributed by atoms with Gasteiger partial charge in [0.05, 0.1) is 0 Å². The predicted octanol–water partition coefficient (Wildman–Crippen LogP) is 4.34. The Morgan fingerprint density at radius 1 is 1.25 bits per heavy atom. The molecule has 0 N–H and O–H groups in total. The highest BCUT2D eigenvalue weighted by Crippen LogP contribution is 2.17. The van der Waals surface area contributed by atoms with Gasteiger partial charge < -0.3 is 0 Å². The zero-order chi connectivity index (χ0) is 9.56. The summed E-state index contributed by atoms with van der Waals surface area (Å²) in [7, 11) is 0. The highest BCUT2D eigenvalue weighted by atomic mass is 14.1. The molecule has 0 heteroatoms. The molecule has 0 aliphatic carbocycles. The third-order valence-corrected chi connectivity index (χ3v) is 2.31. The second kappa shape index (κ2) is 6.05. The molecule has 0 aromatic rings. The maximum Gasteiger partial charge on any atom is -0.0257 e. The molecule has 70 valence electrons. The Bertz CT molecular complexity index is 170. The molecule has 0 spiro atoms. The molecular formula is C12H22. The Kier molecular flexibility index (Phi) is 5.79. The van der Waals surface area contributed by atoms with Gasteiger partial charge in [-0.2, -0.15) is 0 Å². The molecule has 0 unspecified atom stereocenters. The van der Waals surface area contributed by atoms with Gasteiger partial charge in [-0.15, -0.1) is 0 Å². The smallest absolute Gasteiger partial charge is 0.0257 e. The molecule has 0 fully saturated rings. The molecule has 0 aliphatic heterocycles. The average molecular weight is 166 g/mol. The molecule has 0 radical (unpaired) electrons. The van der Waals surface area contributed by atoms with Crippen LogP contribution in [0.15, 0.2) is 23.3 Å². The summed E-state index contributed by atoms with van der Waals surface area (Å²) in [5.74, 6) is 0.682. The highest BCUT2D eigenvalue weighted by molar-refractivity contribution is 5.25. The average Bonchev–Trinajstić information content (AvgIpc) is 2.05. The van der Waals surface area contributed by atoms with E-state index in [1.165, 1.54) is 11.1 Å². The number of rotatable bonds is 4. The van der Waals surface area contributed by atoms with E-state index in [0.717, 1.165) is 12.8 Å². The zero-order valence-corrected chi connectivity index (χ0v) is 9.15. The van der Waals surface area contributed by atoms with E-state index in [0.29, 0.717) is 5.92 Å². The standard InChI is InChI=1S/C12H22/c1-6-8-9-12(7-2)11(5)10(3)4/h8-10H,6-7H2,1-5H3/b9-8-,12-11+. The molecule has 0 amide bonds. The number of hydrogen-bond acceptors (Lipinski definition) is 0. The predicted molar refractivity (Wildman–Crippen MR) is 57.3 cm³/mol. The van der Waals surface area contributed by atoms with Crippen molar-refractivity contribution in [3.05, 3.63) is 23.3 Å². The highest BCUT2D eigenvalue weighted by Gasteiger charge is 2.00. The second-order valence-electron chi connectivity index (χ2n) is 3.53. The summed E-state index contributed by atoms with van der Waals surface area (Å²) in [5.41, 5.74) is 3.04. The summed E-state index contributed by atoms with van der Waals surface area (Å²) in [6.45, 7) is 11.1. The van der Waals surface area contributed by atoms with Gasteiger partial charge >= 0.3 is 0 Å². The van der Waals surface area contributed by atoms with Crippen molar-refractivity contribution in [3.63, 3.8) is 0 Å². The van der Waals surface area contributed by atoms with Gasteiger partial charge in [0, 0.05) is 0 Å². The van der Waals surface area contributed by atoms with Crippen molar-refractivity contribution in [3.8, 4) is 0 Å². The van der Waals surface area contributed by atoms with E-state index in [1.54, 1.807) is 0 Å². The molecular weight excluding hydrogens is 144 g/mol. The summed E-state index contributed by atoms with van der Waals surface area (Å²) in [6, 6.07) is 0. The molecule has 0 rings (SSSR count). The van der Waals surface area contributed by atoms with Crippen LogP contribution in [0.3, 0.4) is 0 Å². The molecule has 0 nitrogen and oxygen atoms in total. The van der Waals surface area contributed by atoms with Crippen LogP contribution in [0.1, 0.15) is 47.5 Å². The lowest BCUT2D eigenvalue weighted by molar-refractivity contribution is 0.753. The fourth-order valence-corrected chi connectivity index (χ4v) is 1.16. The van der Waals surface area contributed by atoms with E-state index in [9.17, 15) is 0 Å². The van der Waals surface area contributed by atoms with Crippen molar-refractivity contribution in [1.82, 2.24) is 0 Å². The van der Waals surface area contributed by atoms with Gasteiger partial charge in [-0.3, -0.25) is 0 Å². The quantitative estimate of drug-likeness (QED) is 0.545. The van der Waals surface area contributed by atoms with Gasteiger partial charge in [0.15, 0.2) is 0 Å². The first-order valence-electron chi connectivity index (χ1n) is 4.99.